The van der Waals surface area contributed by atoms with Gasteiger partial charge < -0.3 is 10.6 Å². The van der Waals surface area contributed by atoms with Crippen LogP contribution in [0.15, 0.2) is 42.5 Å². The average Bonchev–Trinajstić information content (AvgIpc) is 3.05. The minimum Gasteiger partial charge on any atom is -0.353 e. The lowest BCUT2D eigenvalue weighted by Crippen LogP contribution is -2.39. The van der Waals surface area contributed by atoms with Crippen molar-refractivity contribution < 1.29 is 4.79 Å². The molecule has 0 spiro atoms. The summed E-state index contributed by atoms with van der Waals surface area (Å²) in [5, 5.41) is 10.2. The molecular weight excluding hydrogens is 354 g/mol. The number of hydrogen-bond acceptors (Lipinski definition) is 4. The highest BCUT2D eigenvalue weighted by molar-refractivity contribution is 7.16. The van der Waals surface area contributed by atoms with E-state index in [4.69, 9.17) is 0 Å². The molecule has 1 amide bonds. The highest BCUT2D eigenvalue weighted by atomic mass is 32.1. The Hall–Kier alpha value is -2.37. The first-order chi connectivity index (χ1) is 13.1. The Morgan fingerprint density at radius 3 is 2.78 bits per heavy atom. The molecule has 0 aliphatic carbocycles. The van der Waals surface area contributed by atoms with Crippen molar-refractivity contribution in [2.24, 2.45) is 0 Å². The molecular formula is C22H23N3OS. The average molecular weight is 378 g/mol. The van der Waals surface area contributed by atoms with Crippen molar-refractivity contribution >= 4 is 33.0 Å². The van der Waals surface area contributed by atoms with Gasteiger partial charge in [-0.05, 0) is 36.6 Å². The molecule has 2 N–H and O–H groups in total. The summed E-state index contributed by atoms with van der Waals surface area (Å²) in [6.45, 7) is 6.44. The second-order valence-electron chi connectivity index (χ2n) is 7.64. The minimum absolute atomic E-state index is 0.0529. The number of nitrogens with one attached hydrogen (secondary N) is 2. The second-order valence-corrected chi connectivity index (χ2v) is 8.75. The van der Waals surface area contributed by atoms with Gasteiger partial charge in [0.2, 0.25) is 0 Å². The van der Waals surface area contributed by atoms with E-state index in [1.54, 1.807) is 11.3 Å². The number of thiophene rings is 1. The van der Waals surface area contributed by atoms with Gasteiger partial charge in [-0.3, -0.25) is 9.69 Å². The third kappa shape index (κ3) is 2.73. The summed E-state index contributed by atoms with van der Waals surface area (Å²) in [4.78, 5) is 16.8. The molecule has 3 aromatic rings. The lowest BCUT2D eigenvalue weighted by atomic mass is 9.98. The van der Waals surface area contributed by atoms with E-state index in [1.165, 1.54) is 21.2 Å². The molecule has 0 radical (unpaired) electrons. The first-order valence-corrected chi connectivity index (χ1v) is 10.4. The van der Waals surface area contributed by atoms with Crippen molar-refractivity contribution in [3.8, 4) is 0 Å². The van der Waals surface area contributed by atoms with E-state index < -0.39 is 0 Å². The standard InChI is InChI=1S/C22H23N3OS/c1-13(2)25-11-10-17-18(12-25)27-22-19(17)21(26)23-20(24-22)16-9-5-7-14-6-3-4-8-15(14)16/h3-9,13,20,24H,10-12H2,1-2H3,(H,23,26)/t20-/m1/s1. The molecule has 3 heterocycles. The fourth-order valence-electron chi connectivity index (χ4n) is 4.23. The molecule has 27 heavy (non-hydrogen) atoms. The summed E-state index contributed by atoms with van der Waals surface area (Å²) in [6, 6.07) is 15.1. The lowest BCUT2D eigenvalue weighted by Gasteiger charge is -2.31. The van der Waals surface area contributed by atoms with E-state index >= 15 is 0 Å². The van der Waals surface area contributed by atoms with Gasteiger partial charge in [0.15, 0.2) is 0 Å². The van der Waals surface area contributed by atoms with Crippen molar-refractivity contribution in [1.29, 1.82) is 0 Å². The monoisotopic (exact) mass is 377 g/mol. The van der Waals surface area contributed by atoms with Crippen LogP contribution in [0.3, 0.4) is 0 Å². The van der Waals surface area contributed by atoms with Crippen LogP contribution in [0.25, 0.3) is 10.8 Å². The van der Waals surface area contributed by atoms with Gasteiger partial charge in [0, 0.05) is 29.6 Å². The summed E-state index contributed by atoms with van der Waals surface area (Å²) >= 11 is 1.75. The van der Waals surface area contributed by atoms with Crippen molar-refractivity contribution in [2.75, 3.05) is 11.9 Å². The highest BCUT2D eigenvalue weighted by Crippen LogP contribution is 2.41. The first-order valence-electron chi connectivity index (χ1n) is 9.55. The van der Waals surface area contributed by atoms with Gasteiger partial charge in [0.05, 0.1) is 5.56 Å². The highest BCUT2D eigenvalue weighted by Gasteiger charge is 2.34. The topological polar surface area (TPSA) is 44.4 Å². The molecule has 2 aliphatic rings. The van der Waals surface area contributed by atoms with Crippen LogP contribution in [0.2, 0.25) is 0 Å². The lowest BCUT2D eigenvalue weighted by molar-refractivity contribution is 0.0934. The van der Waals surface area contributed by atoms with E-state index in [1.807, 2.05) is 12.1 Å². The van der Waals surface area contributed by atoms with Gasteiger partial charge in [-0.15, -0.1) is 11.3 Å². The van der Waals surface area contributed by atoms with Crippen LogP contribution in [0.5, 0.6) is 0 Å². The number of anilines is 1. The third-order valence-corrected chi connectivity index (χ3v) is 6.88. The molecule has 0 unspecified atom stereocenters. The number of fused-ring (bicyclic) bond motifs is 4. The van der Waals surface area contributed by atoms with Gasteiger partial charge in [0.25, 0.3) is 5.91 Å². The zero-order valence-corrected chi connectivity index (χ0v) is 16.4. The molecule has 1 aromatic heterocycles. The van der Waals surface area contributed by atoms with Crippen LogP contribution in [0.4, 0.5) is 5.00 Å². The predicted octanol–water partition coefficient (Wildman–Crippen LogP) is 4.52. The van der Waals surface area contributed by atoms with Crippen LogP contribution < -0.4 is 10.6 Å². The Morgan fingerprint density at radius 1 is 1.11 bits per heavy atom. The largest absolute Gasteiger partial charge is 0.353 e. The van der Waals surface area contributed by atoms with Gasteiger partial charge in [0.1, 0.15) is 11.2 Å². The van der Waals surface area contributed by atoms with Crippen LogP contribution >= 0.6 is 11.3 Å². The Kier molecular flexibility index (Phi) is 3.95. The van der Waals surface area contributed by atoms with E-state index in [0.717, 1.165) is 35.6 Å². The number of amides is 1. The SMILES string of the molecule is CC(C)N1CCc2c(sc3c2C(=O)N[C@@H](c2cccc4ccccc24)N3)C1. The number of carbonyl (C=O) groups excluding carboxylic acids is 1. The van der Waals surface area contributed by atoms with Crippen molar-refractivity contribution in [3.63, 3.8) is 0 Å². The molecule has 0 saturated carbocycles. The van der Waals surface area contributed by atoms with Crippen LogP contribution in [0, 0.1) is 0 Å². The smallest absolute Gasteiger partial charge is 0.256 e. The van der Waals surface area contributed by atoms with Gasteiger partial charge >= 0.3 is 0 Å². The number of nitrogens with zero attached hydrogens (tertiary/aromatic N) is 1. The number of rotatable bonds is 2. The molecule has 138 valence electrons. The van der Waals surface area contributed by atoms with Gasteiger partial charge in [-0.1, -0.05) is 42.5 Å². The predicted molar refractivity (Wildman–Crippen MR) is 111 cm³/mol. The molecule has 1 atom stereocenters. The second kappa shape index (κ2) is 6.36. The summed E-state index contributed by atoms with van der Waals surface area (Å²) in [5.41, 5.74) is 3.23. The molecule has 0 saturated heterocycles. The first kappa shape index (κ1) is 16.8. The van der Waals surface area contributed by atoms with Crippen LogP contribution in [0.1, 0.15) is 46.4 Å². The molecule has 5 rings (SSSR count). The summed E-state index contributed by atoms with van der Waals surface area (Å²) in [6.07, 6.45) is 0.755. The number of hydrogen-bond donors (Lipinski definition) is 2. The van der Waals surface area contributed by atoms with E-state index in [0.29, 0.717) is 6.04 Å². The van der Waals surface area contributed by atoms with Crippen molar-refractivity contribution in [3.05, 3.63) is 64.0 Å². The molecule has 5 heteroatoms. The Bertz CT molecular complexity index is 1030. The quantitative estimate of drug-likeness (QED) is 0.690. The van der Waals surface area contributed by atoms with E-state index in [9.17, 15) is 4.79 Å². The minimum atomic E-state index is -0.197. The van der Waals surface area contributed by atoms with Crippen molar-refractivity contribution in [2.45, 2.75) is 39.0 Å². The molecule has 4 nitrogen and oxygen atoms in total. The Labute approximate surface area is 163 Å². The Morgan fingerprint density at radius 2 is 1.93 bits per heavy atom. The molecule has 0 bridgehead atoms. The fourth-order valence-corrected chi connectivity index (χ4v) is 5.53. The van der Waals surface area contributed by atoms with E-state index in [2.05, 4.69) is 59.7 Å². The molecule has 0 fully saturated rings. The normalized spacial score (nSPS) is 19.5. The van der Waals surface area contributed by atoms with Gasteiger partial charge in [-0.2, -0.15) is 0 Å². The van der Waals surface area contributed by atoms with Crippen LogP contribution in [-0.4, -0.2) is 23.4 Å². The van der Waals surface area contributed by atoms with Crippen molar-refractivity contribution in [1.82, 2.24) is 10.2 Å². The summed E-state index contributed by atoms with van der Waals surface area (Å²) < 4.78 is 0. The maximum atomic E-state index is 13.0. The summed E-state index contributed by atoms with van der Waals surface area (Å²) in [7, 11) is 0. The van der Waals surface area contributed by atoms with Gasteiger partial charge in [-0.25, -0.2) is 0 Å². The van der Waals surface area contributed by atoms with Crippen LogP contribution in [-0.2, 0) is 13.0 Å². The fraction of sp³-hybridized carbons (Fsp3) is 0.318. The molecule has 2 aliphatic heterocycles. The summed E-state index contributed by atoms with van der Waals surface area (Å²) in [5.74, 6) is 0.0529. The number of benzene rings is 2. The maximum Gasteiger partial charge on any atom is 0.256 e. The Balaban J connectivity index is 1.53. The molecule has 2 aromatic carbocycles. The maximum absolute atomic E-state index is 13.0. The third-order valence-electron chi connectivity index (χ3n) is 5.73. The number of carbonyl (C=O) groups is 1. The zero-order valence-electron chi connectivity index (χ0n) is 15.6. The zero-order chi connectivity index (χ0) is 18.5. The van der Waals surface area contributed by atoms with E-state index in [-0.39, 0.29) is 12.1 Å².